The molecule has 0 aromatic carbocycles. The van der Waals surface area contributed by atoms with E-state index in [-0.39, 0.29) is 10.8 Å². The summed E-state index contributed by atoms with van der Waals surface area (Å²) < 4.78 is 0. The normalized spacial score (nSPS) is 45.7. The maximum atomic E-state index is 2.38. The number of nitrogens with zero attached hydrogens (tertiary/aromatic N) is 1. The highest BCUT2D eigenvalue weighted by Crippen LogP contribution is 2.59. The van der Waals surface area contributed by atoms with Crippen molar-refractivity contribution in [2.75, 3.05) is 7.05 Å². The van der Waals surface area contributed by atoms with Crippen LogP contribution in [-0.2, 0) is 0 Å². The minimum atomic E-state index is 0.198. The zero-order chi connectivity index (χ0) is 10.7. The third-order valence-corrected chi connectivity index (χ3v) is 4.58. The highest BCUT2D eigenvalue weighted by Gasteiger charge is 2.55. The predicted octanol–water partition coefficient (Wildman–Crippen LogP) is 2.89. The summed E-state index contributed by atoms with van der Waals surface area (Å²) >= 11 is 0. The Morgan fingerprint density at radius 3 is 2.87 bits per heavy atom. The van der Waals surface area contributed by atoms with Crippen LogP contribution in [-0.4, -0.2) is 18.0 Å². The van der Waals surface area contributed by atoms with Crippen LogP contribution in [0.1, 0.15) is 13.8 Å². The van der Waals surface area contributed by atoms with Gasteiger partial charge in [0.1, 0.15) is 0 Å². The van der Waals surface area contributed by atoms with Gasteiger partial charge in [-0.05, 0) is 17.8 Å². The van der Waals surface area contributed by atoms with Crippen LogP contribution in [0.5, 0.6) is 0 Å². The molecule has 3 rings (SSSR count). The molecule has 15 heavy (non-hydrogen) atoms. The second kappa shape index (κ2) is 2.46. The molecule has 3 unspecified atom stereocenters. The molecule has 0 amide bonds. The van der Waals surface area contributed by atoms with Crippen molar-refractivity contribution >= 4 is 0 Å². The Kier molecular flexibility index (Phi) is 1.48. The Morgan fingerprint density at radius 2 is 2.07 bits per heavy atom. The molecule has 1 aliphatic heterocycles. The summed E-state index contributed by atoms with van der Waals surface area (Å²) in [6.07, 6.45) is 15.9. The highest BCUT2D eigenvalue weighted by atomic mass is 15.1. The van der Waals surface area contributed by atoms with Gasteiger partial charge in [0.2, 0.25) is 0 Å². The van der Waals surface area contributed by atoms with Crippen LogP contribution in [0.25, 0.3) is 0 Å². The smallest absolute Gasteiger partial charge is 0.0570 e. The number of allylic oxidation sites excluding steroid dienone is 5. The Bertz CT molecular complexity index is 427. The van der Waals surface area contributed by atoms with E-state index in [9.17, 15) is 0 Å². The molecule has 0 saturated heterocycles. The molecule has 1 heterocycles. The van der Waals surface area contributed by atoms with Gasteiger partial charge in [-0.25, -0.2) is 0 Å². The van der Waals surface area contributed by atoms with Gasteiger partial charge in [-0.3, -0.25) is 0 Å². The molecule has 0 radical (unpaired) electrons. The molecule has 0 spiro atoms. The summed E-state index contributed by atoms with van der Waals surface area (Å²) in [7, 11) is 2.16. The number of hydrogen-bond acceptors (Lipinski definition) is 1. The van der Waals surface area contributed by atoms with Gasteiger partial charge in [0, 0.05) is 17.9 Å². The molecule has 0 fully saturated rings. The van der Waals surface area contributed by atoms with Crippen LogP contribution in [0.4, 0.5) is 0 Å². The summed E-state index contributed by atoms with van der Waals surface area (Å²) in [6.45, 7) is 4.72. The Balaban J connectivity index is 2.23. The van der Waals surface area contributed by atoms with Crippen molar-refractivity contribution in [3.8, 4) is 0 Å². The van der Waals surface area contributed by atoms with Crippen LogP contribution in [0.3, 0.4) is 0 Å². The van der Waals surface area contributed by atoms with Gasteiger partial charge in [0.15, 0.2) is 0 Å². The Morgan fingerprint density at radius 1 is 1.27 bits per heavy atom. The fraction of sp³-hybridized carbons (Fsp3) is 0.429. The van der Waals surface area contributed by atoms with E-state index in [1.807, 2.05) is 0 Å². The second-order valence-corrected chi connectivity index (χ2v) is 5.25. The van der Waals surface area contributed by atoms with Crippen molar-refractivity contribution < 1.29 is 0 Å². The molecular formula is C14H17N. The van der Waals surface area contributed by atoms with Crippen molar-refractivity contribution in [1.82, 2.24) is 4.90 Å². The molecule has 1 heteroatoms. The van der Waals surface area contributed by atoms with Crippen molar-refractivity contribution in [2.24, 2.45) is 10.8 Å². The molecule has 1 nitrogen and oxygen atoms in total. The molecule has 0 saturated carbocycles. The maximum absolute atomic E-state index is 2.38. The molecular weight excluding hydrogens is 182 g/mol. The van der Waals surface area contributed by atoms with E-state index in [1.165, 1.54) is 5.57 Å². The van der Waals surface area contributed by atoms with Crippen LogP contribution in [0.15, 0.2) is 48.2 Å². The quantitative estimate of drug-likeness (QED) is 0.542. The monoisotopic (exact) mass is 199 g/mol. The van der Waals surface area contributed by atoms with E-state index in [1.54, 1.807) is 0 Å². The third-order valence-electron chi connectivity index (χ3n) is 4.58. The molecule has 0 bridgehead atoms. The van der Waals surface area contributed by atoms with Crippen LogP contribution in [0.2, 0.25) is 0 Å². The molecule has 0 aromatic rings. The van der Waals surface area contributed by atoms with Crippen LogP contribution >= 0.6 is 0 Å². The van der Waals surface area contributed by atoms with Crippen molar-refractivity contribution in [1.29, 1.82) is 0 Å². The van der Waals surface area contributed by atoms with E-state index in [2.05, 4.69) is 68.5 Å². The highest BCUT2D eigenvalue weighted by molar-refractivity contribution is 5.50. The zero-order valence-electron chi connectivity index (χ0n) is 9.57. The standard InChI is InChI=1S/C14H17N/c1-13-8-6-11-5-4-10-15(3)12(7-9-13)14(11,13)2/h4-10,12H,1-3H3. The lowest BCUT2D eigenvalue weighted by molar-refractivity contribution is 0.161. The SMILES string of the molecule is CN1C=CC=C2C=CC3(C)C=CC1C23C. The predicted molar refractivity (Wildman–Crippen MR) is 63.3 cm³/mol. The van der Waals surface area contributed by atoms with Gasteiger partial charge in [0.25, 0.3) is 0 Å². The average molecular weight is 199 g/mol. The zero-order valence-corrected chi connectivity index (χ0v) is 9.57. The molecule has 3 atom stereocenters. The molecule has 0 N–H and O–H groups in total. The molecule has 3 aliphatic rings. The van der Waals surface area contributed by atoms with Crippen molar-refractivity contribution in [3.63, 3.8) is 0 Å². The first-order valence-electron chi connectivity index (χ1n) is 5.57. The number of rotatable bonds is 0. The number of hydrogen-bond donors (Lipinski definition) is 0. The fourth-order valence-corrected chi connectivity index (χ4v) is 3.27. The van der Waals surface area contributed by atoms with Gasteiger partial charge >= 0.3 is 0 Å². The van der Waals surface area contributed by atoms with E-state index in [0.29, 0.717) is 6.04 Å². The first-order valence-corrected chi connectivity index (χ1v) is 5.57. The average Bonchev–Trinajstić information content (AvgIpc) is 2.53. The lowest BCUT2D eigenvalue weighted by atomic mass is 9.66. The van der Waals surface area contributed by atoms with Crippen molar-refractivity contribution in [2.45, 2.75) is 19.9 Å². The summed E-state index contributed by atoms with van der Waals surface area (Å²) in [5.41, 5.74) is 1.87. The van der Waals surface area contributed by atoms with E-state index in [4.69, 9.17) is 0 Å². The topological polar surface area (TPSA) is 3.24 Å². The fourth-order valence-electron chi connectivity index (χ4n) is 3.27. The van der Waals surface area contributed by atoms with Crippen LogP contribution in [0, 0.1) is 10.8 Å². The van der Waals surface area contributed by atoms with E-state index >= 15 is 0 Å². The molecule has 78 valence electrons. The number of likely N-dealkylation sites (N-methyl/N-ethyl adjacent to an activating group) is 1. The largest absolute Gasteiger partial charge is 0.373 e. The van der Waals surface area contributed by atoms with Gasteiger partial charge in [-0.2, -0.15) is 0 Å². The van der Waals surface area contributed by atoms with Crippen molar-refractivity contribution in [3.05, 3.63) is 48.2 Å². The van der Waals surface area contributed by atoms with E-state index in [0.717, 1.165) is 0 Å². The summed E-state index contributed by atoms with van der Waals surface area (Å²) in [5, 5.41) is 0. The Labute approximate surface area is 91.5 Å². The maximum Gasteiger partial charge on any atom is 0.0570 e. The first-order chi connectivity index (χ1) is 7.08. The second-order valence-electron chi connectivity index (χ2n) is 5.25. The lowest BCUT2D eigenvalue weighted by Crippen LogP contribution is -2.44. The summed E-state index contributed by atoms with van der Waals surface area (Å²) in [4.78, 5) is 2.32. The minimum Gasteiger partial charge on any atom is -0.373 e. The lowest BCUT2D eigenvalue weighted by Gasteiger charge is -2.42. The molecule has 0 aromatic heterocycles. The summed E-state index contributed by atoms with van der Waals surface area (Å²) in [6, 6.07) is 0.488. The minimum absolute atomic E-state index is 0.198. The van der Waals surface area contributed by atoms with Gasteiger partial charge in [-0.1, -0.05) is 44.2 Å². The van der Waals surface area contributed by atoms with E-state index < -0.39 is 0 Å². The first kappa shape index (κ1) is 9.02. The Hall–Kier alpha value is -1.24. The van der Waals surface area contributed by atoms with Gasteiger partial charge in [0.05, 0.1) is 6.04 Å². The molecule has 2 aliphatic carbocycles. The summed E-state index contributed by atoms with van der Waals surface area (Å²) in [5.74, 6) is 0. The van der Waals surface area contributed by atoms with Gasteiger partial charge in [-0.15, -0.1) is 0 Å². The van der Waals surface area contributed by atoms with Crippen LogP contribution < -0.4 is 0 Å². The third kappa shape index (κ3) is 0.847. The van der Waals surface area contributed by atoms with Gasteiger partial charge < -0.3 is 4.90 Å².